The molecule has 2 aromatic rings. The second-order valence-electron chi connectivity index (χ2n) is 5.19. The molecule has 0 radical (unpaired) electrons. The van der Waals surface area contributed by atoms with Gasteiger partial charge in [0, 0.05) is 22.9 Å². The molecule has 138 valence electrons. The van der Waals surface area contributed by atoms with Crippen molar-refractivity contribution in [3.63, 3.8) is 0 Å². The zero-order chi connectivity index (χ0) is 19.3. The van der Waals surface area contributed by atoms with E-state index in [1.807, 2.05) is 0 Å². The topological polar surface area (TPSA) is 90.7 Å². The number of ether oxygens (including phenoxy) is 2. The number of anilines is 1. The summed E-state index contributed by atoms with van der Waals surface area (Å²) < 4.78 is 34.4. The summed E-state index contributed by atoms with van der Waals surface area (Å²) in [7, 11) is 0. The molecule has 1 N–H and O–H groups in total. The molecule has 0 unspecified atom stereocenters. The van der Waals surface area contributed by atoms with Crippen molar-refractivity contribution < 1.29 is 28.0 Å². The molecule has 2 aromatic carbocycles. The van der Waals surface area contributed by atoms with E-state index in [9.17, 15) is 23.7 Å². The molecule has 0 aliphatic heterocycles. The number of aryl methyl sites for hydroxylation is 1. The molecule has 9 heteroatoms. The zero-order valence-corrected chi connectivity index (χ0v) is 14.0. The largest absolute Gasteiger partial charge is 0.490 e. The van der Waals surface area contributed by atoms with Gasteiger partial charge in [0.05, 0.1) is 11.5 Å². The van der Waals surface area contributed by atoms with Crippen LogP contribution in [0.3, 0.4) is 0 Å². The fourth-order valence-corrected chi connectivity index (χ4v) is 2.20. The number of nitrogens with zero attached hydrogens (tertiary/aromatic N) is 1. The lowest BCUT2D eigenvalue weighted by atomic mass is 10.1. The van der Waals surface area contributed by atoms with E-state index in [4.69, 9.17) is 4.74 Å². The normalized spacial score (nSPS) is 10.5. The number of alkyl halides is 2. The Kier molecular flexibility index (Phi) is 6.05. The quantitative estimate of drug-likeness (QED) is 0.587. The average Bonchev–Trinajstić information content (AvgIpc) is 2.57. The fourth-order valence-electron chi connectivity index (χ4n) is 2.20. The van der Waals surface area contributed by atoms with E-state index >= 15 is 0 Å². The Morgan fingerprint density at radius 3 is 2.58 bits per heavy atom. The summed E-state index contributed by atoms with van der Waals surface area (Å²) in [4.78, 5) is 22.8. The number of nitrogens with one attached hydrogen (secondary N) is 1. The van der Waals surface area contributed by atoms with Crippen molar-refractivity contribution in [1.29, 1.82) is 0 Å². The average molecular weight is 366 g/mol. The van der Waals surface area contributed by atoms with Crippen molar-refractivity contribution in [2.75, 3.05) is 11.9 Å². The first-order valence-electron chi connectivity index (χ1n) is 7.60. The molecule has 0 aliphatic carbocycles. The SMILES string of the molecule is CCOc1cc(C(=O)Nc2ccc(C)c([N+](=O)[O-])c2)ccc1OC(F)F. The van der Waals surface area contributed by atoms with E-state index in [-0.39, 0.29) is 35.0 Å². The van der Waals surface area contributed by atoms with E-state index in [0.29, 0.717) is 5.56 Å². The number of benzene rings is 2. The zero-order valence-electron chi connectivity index (χ0n) is 14.0. The van der Waals surface area contributed by atoms with Gasteiger partial charge in [0.1, 0.15) is 0 Å². The third-order valence-electron chi connectivity index (χ3n) is 3.39. The minimum Gasteiger partial charge on any atom is -0.490 e. The lowest BCUT2D eigenvalue weighted by molar-refractivity contribution is -0.385. The van der Waals surface area contributed by atoms with Crippen molar-refractivity contribution >= 4 is 17.3 Å². The van der Waals surface area contributed by atoms with Gasteiger partial charge in [0.15, 0.2) is 11.5 Å². The van der Waals surface area contributed by atoms with Crippen molar-refractivity contribution in [1.82, 2.24) is 0 Å². The summed E-state index contributed by atoms with van der Waals surface area (Å²) in [5, 5.41) is 13.5. The lowest BCUT2D eigenvalue weighted by Crippen LogP contribution is -2.13. The molecule has 0 saturated heterocycles. The monoisotopic (exact) mass is 366 g/mol. The number of amides is 1. The van der Waals surface area contributed by atoms with Gasteiger partial charge in [-0.1, -0.05) is 6.07 Å². The second-order valence-corrected chi connectivity index (χ2v) is 5.19. The number of halogens is 2. The molecule has 2 rings (SSSR count). The van der Waals surface area contributed by atoms with Crippen LogP contribution in [0.15, 0.2) is 36.4 Å². The fraction of sp³-hybridized carbons (Fsp3) is 0.235. The molecule has 1 amide bonds. The molecule has 0 fully saturated rings. The molecule has 0 spiro atoms. The maximum Gasteiger partial charge on any atom is 0.387 e. The smallest absolute Gasteiger partial charge is 0.387 e. The Bertz CT molecular complexity index is 827. The van der Waals surface area contributed by atoms with Crippen molar-refractivity contribution in [2.24, 2.45) is 0 Å². The molecule has 0 saturated carbocycles. The van der Waals surface area contributed by atoms with Crippen molar-refractivity contribution in [3.8, 4) is 11.5 Å². The first kappa shape index (κ1) is 19.1. The van der Waals surface area contributed by atoms with Gasteiger partial charge in [-0.15, -0.1) is 0 Å². The van der Waals surface area contributed by atoms with E-state index in [2.05, 4.69) is 10.1 Å². The Hall–Kier alpha value is -3.23. The molecule has 7 nitrogen and oxygen atoms in total. The van der Waals surface area contributed by atoms with Crippen LogP contribution < -0.4 is 14.8 Å². The summed E-state index contributed by atoms with van der Waals surface area (Å²) in [6.07, 6.45) is 0. The van der Waals surface area contributed by atoms with E-state index in [1.165, 1.54) is 36.4 Å². The van der Waals surface area contributed by atoms with Crippen LogP contribution in [0.1, 0.15) is 22.8 Å². The van der Waals surface area contributed by atoms with Gasteiger partial charge in [-0.25, -0.2) is 0 Å². The standard InChI is InChI=1S/C17H16F2N2O5/c1-3-25-15-8-11(5-7-14(15)26-17(18)19)16(22)20-12-6-4-10(2)13(9-12)21(23)24/h4-9,17H,3H2,1-2H3,(H,20,22). The predicted molar refractivity (Wildman–Crippen MR) is 90.0 cm³/mol. The van der Waals surface area contributed by atoms with Crippen LogP contribution in [0.25, 0.3) is 0 Å². The van der Waals surface area contributed by atoms with Crippen LogP contribution in [-0.2, 0) is 0 Å². The van der Waals surface area contributed by atoms with E-state index in [0.717, 1.165) is 0 Å². The number of hydrogen-bond acceptors (Lipinski definition) is 5. The van der Waals surface area contributed by atoms with Gasteiger partial charge in [-0.2, -0.15) is 8.78 Å². The van der Waals surface area contributed by atoms with Gasteiger partial charge < -0.3 is 14.8 Å². The highest BCUT2D eigenvalue weighted by molar-refractivity contribution is 6.04. The molecular weight excluding hydrogens is 350 g/mol. The maximum atomic E-state index is 12.4. The lowest BCUT2D eigenvalue weighted by Gasteiger charge is -2.13. The van der Waals surface area contributed by atoms with Crippen LogP contribution >= 0.6 is 0 Å². The third kappa shape index (κ3) is 4.65. The number of carbonyl (C=O) groups is 1. The summed E-state index contributed by atoms with van der Waals surface area (Å²) in [6.45, 7) is 0.404. The Morgan fingerprint density at radius 1 is 1.23 bits per heavy atom. The number of nitro benzene ring substituents is 1. The maximum absolute atomic E-state index is 12.4. The van der Waals surface area contributed by atoms with Gasteiger partial charge in [-0.05, 0) is 38.1 Å². The minimum atomic E-state index is -3.03. The van der Waals surface area contributed by atoms with E-state index in [1.54, 1.807) is 13.8 Å². The van der Waals surface area contributed by atoms with Gasteiger partial charge in [0.25, 0.3) is 11.6 Å². The molecule has 0 aromatic heterocycles. The van der Waals surface area contributed by atoms with Crippen LogP contribution in [0.5, 0.6) is 11.5 Å². The predicted octanol–water partition coefficient (Wildman–Crippen LogP) is 4.16. The molecule has 0 bridgehead atoms. The number of rotatable bonds is 7. The third-order valence-corrected chi connectivity index (χ3v) is 3.39. The molecule has 0 atom stereocenters. The Morgan fingerprint density at radius 2 is 1.96 bits per heavy atom. The van der Waals surface area contributed by atoms with Crippen LogP contribution in [0.4, 0.5) is 20.2 Å². The highest BCUT2D eigenvalue weighted by Crippen LogP contribution is 2.30. The molecule has 0 heterocycles. The summed E-state index contributed by atoms with van der Waals surface area (Å²) >= 11 is 0. The number of carbonyl (C=O) groups excluding carboxylic acids is 1. The van der Waals surface area contributed by atoms with Crippen LogP contribution in [0, 0.1) is 17.0 Å². The van der Waals surface area contributed by atoms with Crippen molar-refractivity contribution in [2.45, 2.75) is 20.5 Å². The first-order chi connectivity index (χ1) is 12.3. The first-order valence-corrected chi connectivity index (χ1v) is 7.60. The van der Waals surface area contributed by atoms with Crippen molar-refractivity contribution in [3.05, 3.63) is 57.6 Å². The summed E-state index contributed by atoms with van der Waals surface area (Å²) in [6, 6.07) is 8.03. The molecule has 26 heavy (non-hydrogen) atoms. The van der Waals surface area contributed by atoms with Gasteiger partial charge in [-0.3, -0.25) is 14.9 Å². The Balaban J connectivity index is 2.25. The van der Waals surface area contributed by atoms with Gasteiger partial charge >= 0.3 is 6.61 Å². The minimum absolute atomic E-state index is 0.00432. The summed E-state index contributed by atoms with van der Waals surface area (Å²) in [5.74, 6) is -0.771. The van der Waals surface area contributed by atoms with Crippen LogP contribution in [0.2, 0.25) is 0 Å². The van der Waals surface area contributed by atoms with E-state index < -0.39 is 17.4 Å². The number of nitro groups is 1. The highest BCUT2D eigenvalue weighted by Gasteiger charge is 2.16. The summed E-state index contributed by atoms with van der Waals surface area (Å²) in [5.41, 5.74) is 0.690. The molecule has 0 aliphatic rings. The second kappa shape index (κ2) is 8.24. The van der Waals surface area contributed by atoms with Gasteiger partial charge in [0.2, 0.25) is 0 Å². The Labute approximate surface area is 147 Å². The highest BCUT2D eigenvalue weighted by atomic mass is 19.3. The molecular formula is C17H16F2N2O5. The number of hydrogen-bond donors (Lipinski definition) is 1. The van der Waals surface area contributed by atoms with Crippen LogP contribution in [-0.4, -0.2) is 24.0 Å².